The summed E-state index contributed by atoms with van der Waals surface area (Å²) in [6.45, 7) is 8.99. The lowest BCUT2D eigenvalue weighted by Crippen LogP contribution is -2.27. The highest BCUT2D eigenvalue weighted by atomic mass is 16.6. The first-order valence-corrected chi connectivity index (χ1v) is 8.43. The van der Waals surface area contributed by atoms with Crippen molar-refractivity contribution in [3.8, 4) is 5.75 Å². The normalized spacial score (nSPS) is 13.7. The van der Waals surface area contributed by atoms with E-state index in [-0.39, 0.29) is 30.7 Å². The van der Waals surface area contributed by atoms with E-state index in [2.05, 4.69) is 0 Å². The van der Waals surface area contributed by atoms with Crippen LogP contribution in [-0.2, 0) is 14.3 Å². The molecule has 2 unspecified atom stereocenters. The van der Waals surface area contributed by atoms with Crippen LogP contribution in [0.4, 0.5) is 0 Å². The van der Waals surface area contributed by atoms with E-state index in [1.165, 1.54) is 0 Å². The Labute approximate surface area is 149 Å². The van der Waals surface area contributed by atoms with Gasteiger partial charge in [-0.15, -0.1) is 0 Å². The maximum absolute atomic E-state index is 12.0. The molecule has 6 heteroatoms. The summed E-state index contributed by atoms with van der Waals surface area (Å²) in [5.41, 5.74) is 0.0313. The summed E-state index contributed by atoms with van der Waals surface area (Å²) in [4.78, 5) is 23.5. The zero-order valence-electron chi connectivity index (χ0n) is 15.6. The first-order valence-electron chi connectivity index (χ1n) is 8.43. The van der Waals surface area contributed by atoms with Gasteiger partial charge in [0.25, 0.3) is 0 Å². The number of aliphatic hydroxyl groups excluding tert-OH is 1. The third-order valence-electron chi connectivity index (χ3n) is 3.35. The summed E-state index contributed by atoms with van der Waals surface area (Å²) in [7, 11) is 0. The quantitative estimate of drug-likeness (QED) is 0.724. The Morgan fingerprint density at radius 2 is 1.64 bits per heavy atom. The van der Waals surface area contributed by atoms with Gasteiger partial charge in [0.1, 0.15) is 30.7 Å². The molecule has 1 aromatic rings. The Morgan fingerprint density at radius 1 is 1.08 bits per heavy atom. The van der Waals surface area contributed by atoms with Crippen LogP contribution in [0.2, 0.25) is 0 Å². The summed E-state index contributed by atoms with van der Waals surface area (Å²) in [6, 6.07) is 6.57. The van der Waals surface area contributed by atoms with Gasteiger partial charge in [-0.25, -0.2) is 4.79 Å². The maximum atomic E-state index is 12.0. The third-order valence-corrected chi connectivity index (χ3v) is 3.35. The molecule has 1 aromatic carbocycles. The number of hydrogen-bond donors (Lipinski definition) is 1. The molecule has 0 aliphatic carbocycles. The first-order chi connectivity index (χ1) is 11.6. The van der Waals surface area contributed by atoms with E-state index in [9.17, 15) is 14.7 Å². The monoisotopic (exact) mass is 352 g/mol. The second-order valence-electron chi connectivity index (χ2n) is 6.93. The highest BCUT2D eigenvalue weighted by Crippen LogP contribution is 2.18. The highest BCUT2D eigenvalue weighted by Gasteiger charge is 2.17. The van der Waals surface area contributed by atoms with Crippen LogP contribution in [0.5, 0.6) is 5.75 Å². The molecule has 0 aromatic heterocycles. The molecule has 0 aliphatic rings. The van der Waals surface area contributed by atoms with E-state index < -0.39 is 12.1 Å². The topological polar surface area (TPSA) is 82.1 Å². The summed E-state index contributed by atoms with van der Waals surface area (Å²) in [6.07, 6.45) is -0.390. The van der Waals surface area contributed by atoms with Gasteiger partial charge in [0.15, 0.2) is 0 Å². The molecule has 0 saturated carbocycles. The number of ether oxygens (including phenoxy) is 3. The number of carbonyl (C=O) groups is 2. The van der Waals surface area contributed by atoms with E-state index in [1.54, 1.807) is 31.2 Å². The van der Waals surface area contributed by atoms with Gasteiger partial charge in [-0.3, -0.25) is 4.79 Å². The SMILES string of the molecule is CCC(C)C(=O)OCC(O)COC(=O)c1ccc(OC(C)(C)C)cc1. The first kappa shape index (κ1) is 21.0. The van der Waals surface area contributed by atoms with Crippen molar-refractivity contribution in [2.45, 2.75) is 52.7 Å². The van der Waals surface area contributed by atoms with E-state index >= 15 is 0 Å². The molecule has 0 aliphatic heterocycles. The van der Waals surface area contributed by atoms with Gasteiger partial charge in [-0.2, -0.15) is 0 Å². The number of aliphatic hydroxyl groups is 1. The van der Waals surface area contributed by atoms with Gasteiger partial charge in [0, 0.05) is 0 Å². The van der Waals surface area contributed by atoms with Gasteiger partial charge in [0.2, 0.25) is 0 Å². The molecule has 0 bridgehead atoms. The number of esters is 2. The van der Waals surface area contributed by atoms with Crippen LogP contribution < -0.4 is 4.74 Å². The van der Waals surface area contributed by atoms with Crippen molar-refractivity contribution < 1.29 is 28.9 Å². The summed E-state index contributed by atoms with van der Waals surface area (Å²) < 4.78 is 15.7. The molecule has 25 heavy (non-hydrogen) atoms. The van der Waals surface area contributed by atoms with Crippen molar-refractivity contribution in [3.05, 3.63) is 29.8 Å². The average molecular weight is 352 g/mol. The van der Waals surface area contributed by atoms with Crippen molar-refractivity contribution in [2.24, 2.45) is 5.92 Å². The molecule has 0 spiro atoms. The minimum absolute atomic E-state index is 0.200. The predicted molar refractivity (Wildman–Crippen MR) is 93.5 cm³/mol. The zero-order valence-corrected chi connectivity index (χ0v) is 15.6. The summed E-state index contributed by atoms with van der Waals surface area (Å²) in [5.74, 6) is -0.499. The Bertz CT molecular complexity index is 558. The Balaban J connectivity index is 2.42. The fourth-order valence-electron chi connectivity index (χ4n) is 1.80. The molecular weight excluding hydrogens is 324 g/mol. The Kier molecular flexibility index (Phi) is 7.90. The minimum atomic E-state index is -1.06. The van der Waals surface area contributed by atoms with Gasteiger partial charge >= 0.3 is 11.9 Å². The highest BCUT2D eigenvalue weighted by molar-refractivity contribution is 5.89. The molecule has 6 nitrogen and oxygen atoms in total. The molecule has 0 fully saturated rings. The second-order valence-corrected chi connectivity index (χ2v) is 6.93. The largest absolute Gasteiger partial charge is 0.488 e. The van der Waals surface area contributed by atoms with Crippen molar-refractivity contribution >= 4 is 11.9 Å². The average Bonchev–Trinajstić information content (AvgIpc) is 2.55. The van der Waals surface area contributed by atoms with Crippen molar-refractivity contribution in [3.63, 3.8) is 0 Å². The standard InChI is InChI=1S/C19H28O6/c1-6-13(2)17(21)23-11-15(20)12-24-18(22)14-7-9-16(10-8-14)25-19(3,4)5/h7-10,13,15,20H,6,11-12H2,1-5H3. The maximum Gasteiger partial charge on any atom is 0.338 e. The van der Waals surface area contributed by atoms with Crippen molar-refractivity contribution in [2.75, 3.05) is 13.2 Å². The van der Waals surface area contributed by atoms with Crippen molar-refractivity contribution in [1.29, 1.82) is 0 Å². The lowest BCUT2D eigenvalue weighted by atomic mass is 10.1. The third kappa shape index (κ3) is 8.03. The van der Waals surface area contributed by atoms with Crippen LogP contribution in [0.1, 0.15) is 51.4 Å². The van der Waals surface area contributed by atoms with Crippen LogP contribution in [0.3, 0.4) is 0 Å². The van der Waals surface area contributed by atoms with Crippen LogP contribution >= 0.6 is 0 Å². The second kappa shape index (κ2) is 9.42. The molecule has 0 amide bonds. The number of carbonyl (C=O) groups excluding carboxylic acids is 2. The lowest BCUT2D eigenvalue weighted by molar-refractivity contribution is -0.151. The molecule has 1 N–H and O–H groups in total. The van der Waals surface area contributed by atoms with E-state index in [0.717, 1.165) is 0 Å². The van der Waals surface area contributed by atoms with Crippen LogP contribution in [0, 0.1) is 5.92 Å². The summed E-state index contributed by atoms with van der Waals surface area (Å²) >= 11 is 0. The van der Waals surface area contributed by atoms with Gasteiger partial charge in [-0.05, 0) is 51.5 Å². The molecule has 2 atom stereocenters. The number of rotatable bonds is 8. The molecule has 1 rings (SSSR count). The molecule has 140 valence electrons. The fraction of sp³-hybridized carbons (Fsp3) is 0.579. The number of benzene rings is 1. The van der Waals surface area contributed by atoms with Gasteiger partial charge in [0.05, 0.1) is 11.5 Å². The molecule has 0 saturated heterocycles. The summed E-state index contributed by atoms with van der Waals surface area (Å²) in [5, 5.41) is 9.75. The minimum Gasteiger partial charge on any atom is -0.488 e. The Morgan fingerprint density at radius 3 is 2.16 bits per heavy atom. The number of hydrogen-bond acceptors (Lipinski definition) is 6. The van der Waals surface area contributed by atoms with Crippen LogP contribution in [-0.4, -0.2) is 42.0 Å². The molecular formula is C19H28O6. The molecule has 0 heterocycles. The van der Waals surface area contributed by atoms with E-state index in [0.29, 0.717) is 17.7 Å². The lowest BCUT2D eigenvalue weighted by Gasteiger charge is -2.21. The zero-order chi connectivity index (χ0) is 19.0. The predicted octanol–water partition coefficient (Wildman–Crippen LogP) is 2.97. The van der Waals surface area contributed by atoms with Gasteiger partial charge < -0.3 is 19.3 Å². The van der Waals surface area contributed by atoms with Crippen LogP contribution in [0.15, 0.2) is 24.3 Å². The van der Waals surface area contributed by atoms with E-state index in [4.69, 9.17) is 14.2 Å². The molecule has 0 radical (unpaired) electrons. The Hall–Kier alpha value is -2.08. The smallest absolute Gasteiger partial charge is 0.338 e. The van der Waals surface area contributed by atoms with Crippen LogP contribution in [0.25, 0.3) is 0 Å². The van der Waals surface area contributed by atoms with Gasteiger partial charge in [-0.1, -0.05) is 13.8 Å². The van der Waals surface area contributed by atoms with E-state index in [1.807, 2.05) is 27.7 Å². The van der Waals surface area contributed by atoms with Crippen molar-refractivity contribution in [1.82, 2.24) is 0 Å². The fourth-order valence-corrected chi connectivity index (χ4v) is 1.80.